The van der Waals surface area contributed by atoms with Crippen LogP contribution in [0.1, 0.15) is 30.0 Å². The minimum absolute atomic E-state index is 0.139. The normalized spacial score (nSPS) is 17.0. The van der Waals surface area contributed by atoms with E-state index in [9.17, 15) is 0 Å². The van der Waals surface area contributed by atoms with Gasteiger partial charge in [-0.2, -0.15) is 0 Å². The second kappa shape index (κ2) is 4.34. The predicted octanol–water partition coefficient (Wildman–Crippen LogP) is 2.42. The van der Waals surface area contributed by atoms with Crippen molar-refractivity contribution >= 4 is 0 Å². The van der Waals surface area contributed by atoms with Crippen LogP contribution in [0.25, 0.3) is 0 Å². The van der Waals surface area contributed by atoms with Gasteiger partial charge in [-0.15, -0.1) is 0 Å². The number of methoxy groups -OCH3 is 2. The van der Waals surface area contributed by atoms with Crippen molar-refractivity contribution in [3.63, 3.8) is 0 Å². The molecule has 16 heavy (non-hydrogen) atoms. The maximum Gasteiger partial charge on any atom is 0.161 e. The van der Waals surface area contributed by atoms with Crippen LogP contribution in [0.15, 0.2) is 12.1 Å². The van der Waals surface area contributed by atoms with Gasteiger partial charge >= 0.3 is 0 Å². The Bertz CT molecular complexity index is 386. The van der Waals surface area contributed by atoms with Crippen molar-refractivity contribution in [2.45, 2.75) is 25.8 Å². The van der Waals surface area contributed by atoms with E-state index in [0.717, 1.165) is 11.5 Å². The molecule has 1 atom stereocenters. The van der Waals surface area contributed by atoms with E-state index >= 15 is 0 Å². The van der Waals surface area contributed by atoms with E-state index in [-0.39, 0.29) is 6.04 Å². The summed E-state index contributed by atoms with van der Waals surface area (Å²) in [5.74, 6) is 2.18. The summed E-state index contributed by atoms with van der Waals surface area (Å²) in [6.07, 6.45) is 2.49. The summed E-state index contributed by atoms with van der Waals surface area (Å²) in [6, 6.07) is 4.15. The number of hydrogen-bond acceptors (Lipinski definition) is 3. The molecule has 0 aliphatic heterocycles. The Balaban J connectivity index is 2.37. The first-order valence-corrected chi connectivity index (χ1v) is 5.65. The molecule has 88 valence electrons. The molecule has 0 spiro atoms. The van der Waals surface area contributed by atoms with Crippen LogP contribution >= 0.6 is 0 Å². The number of aryl methyl sites for hydroxylation is 1. The van der Waals surface area contributed by atoms with Gasteiger partial charge in [0.25, 0.3) is 0 Å². The fraction of sp³-hybridized carbons (Fsp3) is 0.538. The SMILES string of the molecule is COc1cc(C)c(C(N)C2CC2)cc1OC. The highest BCUT2D eigenvalue weighted by molar-refractivity contribution is 5.48. The molecule has 2 N–H and O–H groups in total. The second-order valence-electron chi connectivity index (χ2n) is 4.43. The molecular weight excluding hydrogens is 202 g/mol. The Morgan fingerprint density at radius 2 is 1.75 bits per heavy atom. The third-order valence-electron chi connectivity index (χ3n) is 3.26. The van der Waals surface area contributed by atoms with E-state index in [0.29, 0.717) is 5.92 Å². The van der Waals surface area contributed by atoms with Crippen LogP contribution in [0, 0.1) is 12.8 Å². The summed E-state index contributed by atoms with van der Waals surface area (Å²) in [7, 11) is 3.30. The number of hydrogen-bond donors (Lipinski definition) is 1. The van der Waals surface area contributed by atoms with E-state index in [2.05, 4.69) is 6.92 Å². The molecule has 0 amide bonds. The number of benzene rings is 1. The molecule has 3 nitrogen and oxygen atoms in total. The topological polar surface area (TPSA) is 44.5 Å². The Labute approximate surface area is 96.5 Å². The third-order valence-corrected chi connectivity index (χ3v) is 3.26. The zero-order valence-electron chi connectivity index (χ0n) is 10.1. The lowest BCUT2D eigenvalue weighted by Crippen LogP contribution is -2.14. The molecule has 1 fully saturated rings. The molecule has 1 aliphatic carbocycles. The Hall–Kier alpha value is -1.22. The molecule has 1 saturated carbocycles. The van der Waals surface area contributed by atoms with E-state index in [4.69, 9.17) is 15.2 Å². The van der Waals surface area contributed by atoms with Gasteiger partial charge in [-0.3, -0.25) is 0 Å². The van der Waals surface area contributed by atoms with E-state index < -0.39 is 0 Å². The first-order valence-electron chi connectivity index (χ1n) is 5.65. The van der Waals surface area contributed by atoms with Crippen molar-refractivity contribution in [2.24, 2.45) is 11.7 Å². The lowest BCUT2D eigenvalue weighted by atomic mass is 9.97. The van der Waals surface area contributed by atoms with Gasteiger partial charge in [0.2, 0.25) is 0 Å². The molecule has 1 aliphatic rings. The minimum Gasteiger partial charge on any atom is -0.493 e. The lowest BCUT2D eigenvalue weighted by Gasteiger charge is -2.17. The molecule has 1 unspecified atom stereocenters. The summed E-state index contributed by atoms with van der Waals surface area (Å²) in [5, 5.41) is 0. The summed E-state index contributed by atoms with van der Waals surface area (Å²) < 4.78 is 10.6. The van der Waals surface area contributed by atoms with Gasteiger partial charge in [-0.1, -0.05) is 0 Å². The standard InChI is InChI=1S/C13H19NO2/c1-8-6-11(15-2)12(16-3)7-10(8)13(14)9-4-5-9/h6-7,9,13H,4-5,14H2,1-3H3. The average molecular weight is 221 g/mol. The maximum absolute atomic E-state index is 6.22. The van der Waals surface area contributed by atoms with Crippen molar-refractivity contribution in [2.75, 3.05) is 14.2 Å². The van der Waals surface area contributed by atoms with E-state index in [1.165, 1.54) is 24.0 Å². The highest BCUT2D eigenvalue weighted by Gasteiger charge is 2.30. The zero-order chi connectivity index (χ0) is 11.7. The molecule has 1 aromatic rings. The molecule has 0 saturated heterocycles. The fourth-order valence-electron chi connectivity index (χ4n) is 2.06. The Morgan fingerprint density at radius 1 is 1.19 bits per heavy atom. The highest BCUT2D eigenvalue weighted by atomic mass is 16.5. The maximum atomic E-state index is 6.22. The number of rotatable bonds is 4. The molecule has 0 aromatic heterocycles. The molecular formula is C13H19NO2. The second-order valence-corrected chi connectivity index (χ2v) is 4.43. The Morgan fingerprint density at radius 3 is 2.25 bits per heavy atom. The van der Waals surface area contributed by atoms with Crippen molar-refractivity contribution in [3.8, 4) is 11.5 Å². The van der Waals surface area contributed by atoms with Gasteiger partial charge in [0.05, 0.1) is 14.2 Å². The van der Waals surface area contributed by atoms with Crippen LogP contribution < -0.4 is 15.2 Å². The van der Waals surface area contributed by atoms with Gasteiger partial charge in [-0.05, 0) is 48.9 Å². The number of ether oxygens (including phenoxy) is 2. The van der Waals surface area contributed by atoms with Crippen LogP contribution in [-0.4, -0.2) is 14.2 Å². The van der Waals surface area contributed by atoms with Crippen molar-refractivity contribution in [3.05, 3.63) is 23.3 Å². The van der Waals surface area contributed by atoms with Crippen molar-refractivity contribution < 1.29 is 9.47 Å². The van der Waals surface area contributed by atoms with Crippen molar-refractivity contribution in [1.29, 1.82) is 0 Å². The summed E-state index contributed by atoms with van der Waals surface area (Å²) in [5.41, 5.74) is 8.58. The van der Waals surface area contributed by atoms with Crippen molar-refractivity contribution in [1.82, 2.24) is 0 Å². The van der Waals surface area contributed by atoms with Crippen LogP contribution in [-0.2, 0) is 0 Å². The molecule has 3 heteroatoms. The summed E-state index contributed by atoms with van der Waals surface area (Å²) >= 11 is 0. The fourth-order valence-corrected chi connectivity index (χ4v) is 2.06. The average Bonchev–Trinajstić information content (AvgIpc) is 3.11. The first kappa shape index (κ1) is 11.3. The van der Waals surface area contributed by atoms with Gasteiger partial charge in [0.1, 0.15) is 0 Å². The summed E-state index contributed by atoms with van der Waals surface area (Å²) in [4.78, 5) is 0. The van der Waals surface area contributed by atoms with Gasteiger partial charge < -0.3 is 15.2 Å². The highest BCUT2D eigenvalue weighted by Crippen LogP contribution is 2.42. The first-order chi connectivity index (χ1) is 7.67. The van der Waals surface area contributed by atoms with Gasteiger partial charge in [0, 0.05) is 6.04 Å². The monoisotopic (exact) mass is 221 g/mol. The minimum atomic E-state index is 0.139. The molecule has 0 radical (unpaired) electrons. The van der Waals surface area contributed by atoms with E-state index in [1.54, 1.807) is 14.2 Å². The largest absolute Gasteiger partial charge is 0.493 e. The molecule has 0 bridgehead atoms. The molecule has 0 heterocycles. The van der Waals surface area contributed by atoms with Gasteiger partial charge in [-0.25, -0.2) is 0 Å². The van der Waals surface area contributed by atoms with Gasteiger partial charge in [0.15, 0.2) is 11.5 Å². The zero-order valence-corrected chi connectivity index (χ0v) is 10.1. The van der Waals surface area contributed by atoms with Crippen LogP contribution in [0.5, 0.6) is 11.5 Å². The molecule has 1 aromatic carbocycles. The van der Waals surface area contributed by atoms with Crippen LogP contribution in [0.3, 0.4) is 0 Å². The smallest absolute Gasteiger partial charge is 0.161 e. The third kappa shape index (κ3) is 2.00. The molecule has 2 rings (SSSR count). The predicted molar refractivity (Wildman–Crippen MR) is 63.9 cm³/mol. The van der Waals surface area contributed by atoms with Crippen LogP contribution in [0.2, 0.25) is 0 Å². The quantitative estimate of drug-likeness (QED) is 0.849. The van der Waals surface area contributed by atoms with E-state index in [1.807, 2.05) is 12.1 Å². The summed E-state index contributed by atoms with van der Waals surface area (Å²) in [6.45, 7) is 2.07. The lowest BCUT2D eigenvalue weighted by molar-refractivity contribution is 0.353. The van der Waals surface area contributed by atoms with Crippen LogP contribution in [0.4, 0.5) is 0 Å². The number of nitrogens with two attached hydrogens (primary N) is 1. The Kier molecular flexibility index (Phi) is 3.06.